The summed E-state index contributed by atoms with van der Waals surface area (Å²) >= 11 is 0. The van der Waals surface area contributed by atoms with Crippen molar-refractivity contribution >= 4 is 29.4 Å². The Morgan fingerprint density at radius 3 is 1.05 bits per heavy atom. The molecule has 3 rings (SSSR count). The van der Waals surface area contributed by atoms with Gasteiger partial charge in [-0.1, -0.05) is 48.5 Å². The normalized spacial score (nSPS) is 10.2. The molecule has 21 heavy (non-hydrogen) atoms. The summed E-state index contributed by atoms with van der Waals surface area (Å²) < 4.78 is 8.88. The van der Waals surface area contributed by atoms with E-state index in [1.165, 1.54) is 21.5 Å². The summed E-state index contributed by atoms with van der Waals surface area (Å²) in [6.07, 6.45) is 0. The minimum Gasteiger partial charge on any atom is -0.303 e. The largest absolute Gasteiger partial charge is 0.466 e. The van der Waals surface area contributed by atoms with Crippen molar-refractivity contribution in [2.45, 2.75) is 0 Å². The first-order chi connectivity index (χ1) is 9.93. The average molecular weight is 304 g/mol. The highest BCUT2D eigenvalue weighted by Crippen LogP contribution is 2.25. The third kappa shape index (κ3) is 5.90. The van der Waals surface area contributed by atoms with Crippen molar-refractivity contribution in [3.05, 3.63) is 73.8 Å². The van der Waals surface area contributed by atoms with Crippen LogP contribution in [0.2, 0.25) is 0 Å². The lowest BCUT2D eigenvalue weighted by molar-refractivity contribution is 0.275. The van der Waals surface area contributed by atoms with Crippen LogP contribution < -0.4 is 0 Å². The maximum Gasteiger partial charge on any atom is 0.466 e. The molecule has 0 bridgehead atoms. The first-order valence-electron chi connectivity index (χ1n) is 6.09. The van der Waals surface area contributed by atoms with Crippen LogP contribution in [0.15, 0.2) is 73.8 Å². The molecular weight excluding hydrogens is 287 g/mol. The molecule has 0 aliphatic carbocycles. The molecule has 0 radical (unpaired) electrons. The summed E-state index contributed by atoms with van der Waals surface area (Å²) in [4.78, 5) is 21.6. The van der Waals surface area contributed by atoms with Crippen molar-refractivity contribution in [3.63, 3.8) is 0 Å². The molecule has 0 aromatic heterocycles. The molecule has 3 aromatic carbocycles. The van der Waals surface area contributed by atoms with Crippen LogP contribution in [0.5, 0.6) is 0 Å². The van der Waals surface area contributed by atoms with Crippen molar-refractivity contribution in [3.8, 4) is 0 Å². The van der Waals surface area contributed by atoms with E-state index < -0.39 is 7.82 Å². The monoisotopic (exact) mass is 304 g/mol. The zero-order valence-electron chi connectivity index (χ0n) is 11.4. The zero-order valence-corrected chi connectivity index (χ0v) is 12.3. The van der Waals surface area contributed by atoms with E-state index in [9.17, 15) is 0 Å². The second-order valence-electron chi connectivity index (χ2n) is 4.06. The fourth-order valence-electron chi connectivity index (χ4n) is 1.88. The lowest BCUT2D eigenvalue weighted by Gasteiger charge is -2.00. The molecule has 0 amide bonds. The molecule has 3 aromatic rings. The van der Waals surface area contributed by atoms with E-state index >= 15 is 0 Å². The van der Waals surface area contributed by atoms with Crippen molar-refractivity contribution in [2.24, 2.45) is 0 Å². The summed E-state index contributed by atoms with van der Waals surface area (Å²) in [6, 6.07) is 21.4. The van der Waals surface area contributed by atoms with Gasteiger partial charge in [0.25, 0.3) is 0 Å². The van der Waals surface area contributed by atoms with Crippen molar-refractivity contribution in [1.82, 2.24) is 0 Å². The SMILES string of the molecule is C=C.O=P(O)(O)O.c1ccc2cc3ccccc3cc2c1. The quantitative estimate of drug-likeness (QED) is 0.335. The van der Waals surface area contributed by atoms with Gasteiger partial charge in [-0.15, -0.1) is 13.2 Å². The third-order valence-corrected chi connectivity index (χ3v) is 2.61. The van der Waals surface area contributed by atoms with Gasteiger partial charge >= 0.3 is 7.82 Å². The molecule has 3 N–H and O–H groups in total. The molecule has 0 heterocycles. The molecular formula is C16H17O4P. The molecule has 0 saturated carbocycles. The van der Waals surface area contributed by atoms with Gasteiger partial charge in [0.2, 0.25) is 0 Å². The van der Waals surface area contributed by atoms with Crippen LogP contribution in [-0.4, -0.2) is 14.7 Å². The van der Waals surface area contributed by atoms with Crippen LogP contribution in [0, 0.1) is 0 Å². The van der Waals surface area contributed by atoms with Gasteiger partial charge in [-0.05, 0) is 33.7 Å². The average Bonchev–Trinajstić information content (AvgIpc) is 2.45. The Balaban J connectivity index is 0.000000272. The molecule has 0 aliphatic rings. The van der Waals surface area contributed by atoms with E-state index in [1.807, 2.05) is 0 Å². The Kier molecular flexibility index (Phi) is 6.28. The standard InChI is InChI=1S/C14H10.C2H4.H3O4P/c1-2-6-12-10-14-8-4-3-7-13(14)9-11(12)5-1;1-2;1-5(2,3)4/h1-10H;1-2H2;(H3,1,2,3,4). The minimum absolute atomic E-state index is 1.31. The molecule has 5 heteroatoms. The summed E-state index contributed by atoms with van der Waals surface area (Å²) in [5.41, 5.74) is 0. The molecule has 0 saturated heterocycles. The van der Waals surface area contributed by atoms with Gasteiger partial charge in [-0.2, -0.15) is 0 Å². The van der Waals surface area contributed by atoms with Crippen LogP contribution in [0.1, 0.15) is 0 Å². The van der Waals surface area contributed by atoms with E-state index in [2.05, 4.69) is 73.8 Å². The molecule has 0 fully saturated rings. The predicted molar refractivity (Wildman–Crippen MR) is 87.0 cm³/mol. The van der Waals surface area contributed by atoms with Crippen LogP contribution in [0.25, 0.3) is 21.5 Å². The van der Waals surface area contributed by atoms with Gasteiger partial charge in [0.1, 0.15) is 0 Å². The highest BCUT2D eigenvalue weighted by molar-refractivity contribution is 7.45. The Morgan fingerprint density at radius 2 is 0.857 bits per heavy atom. The number of rotatable bonds is 0. The minimum atomic E-state index is -4.64. The van der Waals surface area contributed by atoms with Crippen LogP contribution in [-0.2, 0) is 4.57 Å². The summed E-state index contributed by atoms with van der Waals surface area (Å²) in [5, 5.41) is 5.25. The zero-order chi connectivity index (χ0) is 15.9. The number of fused-ring (bicyclic) bond motifs is 2. The van der Waals surface area contributed by atoms with Crippen LogP contribution in [0.4, 0.5) is 0 Å². The van der Waals surface area contributed by atoms with Crippen LogP contribution >= 0.6 is 7.82 Å². The summed E-state index contributed by atoms with van der Waals surface area (Å²) in [7, 11) is -4.64. The van der Waals surface area contributed by atoms with Gasteiger partial charge in [-0.25, -0.2) is 4.57 Å². The lowest BCUT2D eigenvalue weighted by atomic mass is 10.0. The van der Waals surface area contributed by atoms with Gasteiger partial charge < -0.3 is 14.7 Å². The molecule has 4 nitrogen and oxygen atoms in total. The van der Waals surface area contributed by atoms with E-state index in [0.717, 1.165) is 0 Å². The third-order valence-electron chi connectivity index (χ3n) is 2.61. The Morgan fingerprint density at radius 1 is 0.667 bits per heavy atom. The summed E-state index contributed by atoms with van der Waals surface area (Å²) in [6.45, 7) is 6.00. The molecule has 0 atom stereocenters. The van der Waals surface area contributed by atoms with E-state index in [0.29, 0.717) is 0 Å². The number of hydrogen-bond donors (Lipinski definition) is 3. The Bertz CT molecular complexity index is 651. The second-order valence-corrected chi connectivity index (χ2v) is 5.09. The Labute approximate surface area is 123 Å². The summed E-state index contributed by atoms with van der Waals surface area (Å²) in [5.74, 6) is 0. The maximum atomic E-state index is 8.88. The van der Waals surface area contributed by atoms with Crippen molar-refractivity contribution in [1.29, 1.82) is 0 Å². The van der Waals surface area contributed by atoms with Gasteiger partial charge in [0.05, 0.1) is 0 Å². The second kappa shape index (κ2) is 7.72. The van der Waals surface area contributed by atoms with Crippen molar-refractivity contribution in [2.75, 3.05) is 0 Å². The van der Waals surface area contributed by atoms with E-state index in [4.69, 9.17) is 19.2 Å². The fraction of sp³-hybridized carbons (Fsp3) is 0. The van der Waals surface area contributed by atoms with E-state index in [-0.39, 0.29) is 0 Å². The van der Waals surface area contributed by atoms with Crippen molar-refractivity contribution < 1.29 is 19.2 Å². The number of benzene rings is 3. The molecule has 110 valence electrons. The van der Waals surface area contributed by atoms with Gasteiger partial charge in [0, 0.05) is 0 Å². The fourth-order valence-corrected chi connectivity index (χ4v) is 1.88. The highest BCUT2D eigenvalue weighted by Gasteiger charge is 2.00. The highest BCUT2D eigenvalue weighted by atomic mass is 31.2. The maximum absolute atomic E-state index is 8.88. The number of phosphoric acid groups is 1. The first-order valence-corrected chi connectivity index (χ1v) is 7.66. The Hall–Kier alpha value is -1.97. The lowest BCUT2D eigenvalue weighted by Crippen LogP contribution is -1.74. The predicted octanol–water partition coefficient (Wildman–Crippen LogP) is 3.87. The van der Waals surface area contributed by atoms with Gasteiger partial charge in [0.15, 0.2) is 0 Å². The first kappa shape index (κ1) is 17.1. The molecule has 0 spiro atoms. The molecule has 0 aliphatic heterocycles. The molecule has 0 unspecified atom stereocenters. The number of hydrogen-bond acceptors (Lipinski definition) is 1. The van der Waals surface area contributed by atoms with Crippen LogP contribution in [0.3, 0.4) is 0 Å². The smallest absolute Gasteiger partial charge is 0.303 e. The van der Waals surface area contributed by atoms with E-state index in [1.54, 1.807) is 0 Å². The van der Waals surface area contributed by atoms with Gasteiger partial charge in [-0.3, -0.25) is 0 Å². The topological polar surface area (TPSA) is 77.8 Å².